The molecule has 0 saturated carbocycles. The highest BCUT2D eigenvalue weighted by Gasteiger charge is 2.12. The van der Waals surface area contributed by atoms with Crippen LogP contribution in [-0.2, 0) is 13.0 Å². The summed E-state index contributed by atoms with van der Waals surface area (Å²) in [5.74, 6) is 0.999. The number of benzene rings is 1. The minimum atomic E-state index is -0.253. The zero-order valence-electron chi connectivity index (χ0n) is 14.6. The van der Waals surface area contributed by atoms with Gasteiger partial charge in [-0.05, 0) is 18.1 Å². The van der Waals surface area contributed by atoms with E-state index < -0.39 is 0 Å². The second-order valence-corrected chi connectivity index (χ2v) is 6.22. The van der Waals surface area contributed by atoms with Crippen molar-refractivity contribution in [1.82, 2.24) is 25.0 Å². The molecule has 7 nitrogen and oxygen atoms in total. The number of fused-ring (bicyclic) bond motifs is 1. The van der Waals surface area contributed by atoms with Crippen LogP contribution in [0.15, 0.2) is 48.8 Å². The number of anilines is 2. The van der Waals surface area contributed by atoms with Crippen LogP contribution in [0.2, 0.25) is 0 Å². The predicted octanol–water partition coefficient (Wildman–Crippen LogP) is 3.01. The van der Waals surface area contributed by atoms with Crippen LogP contribution >= 0.6 is 0 Å². The Labute approximate surface area is 154 Å². The van der Waals surface area contributed by atoms with Gasteiger partial charge in [0.25, 0.3) is 0 Å². The summed E-state index contributed by atoms with van der Waals surface area (Å²) in [5.41, 5.74) is 2.13. The first-order valence-electron chi connectivity index (χ1n) is 8.70. The molecule has 4 aromatic rings. The summed E-state index contributed by atoms with van der Waals surface area (Å²) in [7, 11) is 0. The highest BCUT2D eigenvalue weighted by molar-refractivity contribution is 5.83. The molecule has 0 aliphatic carbocycles. The van der Waals surface area contributed by atoms with Crippen molar-refractivity contribution in [2.75, 3.05) is 11.9 Å². The van der Waals surface area contributed by atoms with E-state index in [1.807, 2.05) is 24.4 Å². The Morgan fingerprint density at radius 2 is 2.07 bits per heavy atom. The smallest absolute Gasteiger partial charge is 0.153 e. The SMILES string of the molecule is OCCCn1ccc(Nc2cc3[nH]ncc3c(Cc3ccccc3F)n2)n1. The molecule has 0 radical (unpaired) electrons. The van der Waals surface area contributed by atoms with Crippen LogP contribution in [0.25, 0.3) is 10.9 Å². The number of aromatic amines is 1. The van der Waals surface area contributed by atoms with E-state index in [0.29, 0.717) is 36.6 Å². The van der Waals surface area contributed by atoms with E-state index in [4.69, 9.17) is 5.11 Å². The van der Waals surface area contributed by atoms with Crippen molar-refractivity contribution >= 4 is 22.5 Å². The molecule has 3 heterocycles. The normalized spacial score (nSPS) is 11.2. The molecule has 4 rings (SSSR count). The van der Waals surface area contributed by atoms with Gasteiger partial charge in [-0.1, -0.05) is 18.2 Å². The highest BCUT2D eigenvalue weighted by Crippen LogP contribution is 2.24. The van der Waals surface area contributed by atoms with Crippen molar-refractivity contribution in [3.8, 4) is 0 Å². The molecule has 0 saturated heterocycles. The van der Waals surface area contributed by atoms with Crippen LogP contribution in [0, 0.1) is 5.82 Å². The van der Waals surface area contributed by atoms with Crippen LogP contribution in [0.5, 0.6) is 0 Å². The molecule has 0 spiro atoms. The summed E-state index contributed by atoms with van der Waals surface area (Å²) in [4.78, 5) is 4.65. The molecule has 138 valence electrons. The number of hydrogen-bond donors (Lipinski definition) is 3. The maximum absolute atomic E-state index is 14.1. The minimum Gasteiger partial charge on any atom is -0.396 e. The molecule has 3 N–H and O–H groups in total. The fourth-order valence-corrected chi connectivity index (χ4v) is 2.95. The van der Waals surface area contributed by atoms with E-state index in [0.717, 1.165) is 16.6 Å². The average molecular weight is 366 g/mol. The Morgan fingerprint density at radius 1 is 1.19 bits per heavy atom. The van der Waals surface area contributed by atoms with Gasteiger partial charge in [0.2, 0.25) is 0 Å². The molecule has 3 aromatic heterocycles. The first-order valence-corrected chi connectivity index (χ1v) is 8.70. The molecule has 0 bridgehead atoms. The zero-order valence-corrected chi connectivity index (χ0v) is 14.6. The van der Waals surface area contributed by atoms with Crippen LogP contribution in [0.1, 0.15) is 17.7 Å². The lowest BCUT2D eigenvalue weighted by Crippen LogP contribution is -2.03. The largest absolute Gasteiger partial charge is 0.396 e. The number of halogens is 1. The summed E-state index contributed by atoms with van der Waals surface area (Å²) in [6.07, 6.45) is 4.55. The van der Waals surface area contributed by atoms with Crippen LogP contribution in [0.3, 0.4) is 0 Å². The minimum absolute atomic E-state index is 0.125. The van der Waals surface area contributed by atoms with Gasteiger partial charge in [0.15, 0.2) is 5.82 Å². The van der Waals surface area contributed by atoms with Crippen molar-refractivity contribution in [1.29, 1.82) is 0 Å². The fraction of sp³-hybridized carbons (Fsp3) is 0.211. The lowest BCUT2D eigenvalue weighted by Gasteiger charge is -2.08. The molecule has 0 unspecified atom stereocenters. The van der Waals surface area contributed by atoms with E-state index >= 15 is 0 Å². The fourth-order valence-electron chi connectivity index (χ4n) is 2.95. The third-order valence-electron chi connectivity index (χ3n) is 4.27. The Bertz CT molecular complexity index is 1060. The molecule has 0 fully saturated rings. The van der Waals surface area contributed by atoms with Gasteiger partial charge >= 0.3 is 0 Å². The summed E-state index contributed by atoms with van der Waals surface area (Å²) < 4.78 is 15.8. The van der Waals surface area contributed by atoms with Crippen molar-refractivity contribution in [3.63, 3.8) is 0 Å². The lowest BCUT2D eigenvalue weighted by molar-refractivity contribution is 0.277. The third-order valence-corrected chi connectivity index (χ3v) is 4.27. The van der Waals surface area contributed by atoms with Gasteiger partial charge in [0.1, 0.15) is 11.6 Å². The quantitative estimate of drug-likeness (QED) is 0.468. The van der Waals surface area contributed by atoms with Gasteiger partial charge in [-0.25, -0.2) is 9.37 Å². The Balaban J connectivity index is 1.62. The molecule has 1 aromatic carbocycles. The van der Waals surface area contributed by atoms with Gasteiger partial charge in [0.05, 0.1) is 17.4 Å². The van der Waals surface area contributed by atoms with Gasteiger partial charge in [-0.2, -0.15) is 10.2 Å². The Morgan fingerprint density at radius 3 is 2.93 bits per heavy atom. The number of hydrogen-bond acceptors (Lipinski definition) is 5. The zero-order chi connectivity index (χ0) is 18.6. The van der Waals surface area contributed by atoms with Gasteiger partial charge < -0.3 is 10.4 Å². The molecular formula is C19H19FN6O. The van der Waals surface area contributed by atoms with Crippen molar-refractivity contribution < 1.29 is 9.50 Å². The first kappa shape index (κ1) is 17.2. The molecule has 27 heavy (non-hydrogen) atoms. The number of aliphatic hydroxyl groups is 1. The molecule has 0 amide bonds. The Kier molecular flexibility index (Phi) is 4.80. The van der Waals surface area contributed by atoms with Crippen LogP contribution < -0.4 is 5.32 Å². The van der Waals surface area contributed by atoms with Gasteiger partial charge in [0, 0.05) is 43.3 Å². The maximum atomic E-state index is 14.1. The monoisotopic (exact) mass is 366 g/mol. The van der Waals surface area contributed by atoms with Gasteiger partial charge in [-0.3, -0.25) is 9.78 Å². The average Bonchev–Trinajstić information content (AvgIpc) is 3.31. The molecule has 0 aliphatic heterocycles. The van der Waals surface area contributed by atoms with Crippen LogP contribution in [-0.4, -0.2) is 36.7 Å². The molecule has 0 atom stereocenters. The standard InChI is InChI=1S/C19H19FN6O/c20-15-5-2-1-4-13(15)10-16-14-12-21-24-17(14)11-19(22-16)23-18-6-8-26(25-18)7-3-9-27/h1-2,4-6,8,11-12,27H,3,7,9-10H2,(H,21,24)(H,22,23,25). The van der Waals surface area contributed by atoms with E-state index in [2.05, 4.69) is 25.6 Å². The second-order valence-electron chi connectivity index (χ2n) is 6.22. The number of aromatic nitrogens is 5. The van der Waals surface area contributed by atoms with E-state index in [1.165, 1.54) is 6.07 Å². The lowest BCUT2D eigenvalue weighted by atomic mass is 10.1. The molecular weight excluding hydrogens is 347 g/mol. The maximum Gasteiger partial charge on any atom is 0.153 e. The van der Waals surface area contributed by atoms with E-state index in [9.17, 15) is 4.39 Å². The van der Waals surface area contributed by atoms with Crippen molar-refractivity contribution in [2.45, 2.75) is 19.4 Å². The number of nitrogens with zero attached hydrogens (tertiary/aromatic N) is 4. The second kappa shape index (κ2) is 7.55. The number of rotatable bonds is 7. The Hall–Kier alpha value is -3.26. The van der Waals surface area contributed by atoms with E-state index in [-0.39, 0.29) is 12.4 Å². The molecule has 8 heteroatoms. The third kappa shape index (κ3) is 3.80. The van der Waals surface area contributed by atoms with Crippen molar-refractivity contribution in [2.24, 2.45) is 0 Å². The van der Waals surface area contributed by atoms with Crippen molar-refractivity contribution in [3.05, 3.63) is 65.9 Å². The number of nitrogens with one attached hydrogen (secondary N) is 2. The van der Waals surface area contributed by atoms with Gasteiger partial charge in [-0.15, -0.1) is 0 Å². The summed E-state index contributed by atoms with van der Waals surface area (Å²) in [6, 6.07) is 10.4. The summed E-state index contributed by atoms with van der Waals surface area (Å²) in [6.45, 7) is 0.768. The predicted molar refractivity (Wildman–Crippen MR) is 100 cm³/mol. The summed E-state index contributed by atoms with van der Waals surface area (Å²) in [5, 5.41) is 24.4. The number of H-pyrrole nitrogens is 1. The topological polar surface area (TPSA) is 91.7 Å². The number of aryl methyl sites for hydroxylation is 1. The summed E-state index contributed by atoms with van der Waals surface area (Å²) >= 11 is 0. The van der Waals surface area contributed by atoms with E-state index in [1.54, 1.807) is 23.0 Å². The highest BCUT2D eigenvalue weighted by atomic mass is 19.1. The molecule has 0 aliphatic rings. The number of aliphatic hydroxyl groups excluding tert-OH is 1. The number of pyridine rings is 1. The first-order chi connectivity index (χ1) is 13.2. The van der Waals surface area contributed by atoms with Crippen LogP contribution in [0.4, 0.5) is 16.0 Å².